The molecule has 3 nitrogen and oxygen atoms in total. The van der Waals surface area contributed by atoms with Crippen molar-refractivity contribution in [3.8, 4) is 5.75 Å². The highest BCUT2D eigenvalue weighted by Crippen LogP contribution is 2.35. The Hall–Kier alpha value is -0.580. The number of hydrogen-bond acceptors (Lipinski definition) is 3. The molecule has 100 valence electrons. The first kappa shape index (κ1) is 13.8. The summed E-state index contributed by atoms with van der Waals surface area (Å²) in [5.41, 5.74) is 0.936. The van der Waals surface area contributed by atoms with Crippen LogP contribution in [-0.4, -0.2) is 24.9 Å². The molecule has 1 fully saturated rings. The third-order valence-corrected chi connectivity index (χ3v) is 4.00. The monoisotopic (exact) mass is 314 g/mol. The average molecular weight is 315 g/mol. The molecule has 2 rings (SSSR count). The van der Waals surface area contributed by atoms with Crippen molar-refractivity contribution in [3.05, 3.63) is 28.2 Å². The van der Waals surface area contributed by atoms with Crippen LogP contribution in [0, 0.1) is 5.92 Å². The molecule has 4 heteroatoms. The van der Waals surface area contributed by atoms with Gasteiger partial charge in [0.1, 0.15) is 5.75 Å². The minimum Gasteiger partial charge on any atom is -0.494 e. The third-order valence-electron chi connectivity index (χ3n) is 3.31. The zero-order valence-electron chi connectivity index (χ0n) is 10.6. The Morgan fingerprint density at radius 2 is 2.17 bits per heavy atom. The molecular weight excluding hydrogens is 296 g/mol. The van der Waals surface area contributed by atoms with Crippen LogP contribution in [0.25, 0.3) is 0 Å². The second-order valence-corrected chi connectivity index (χ2v) is 5.37. The van der Waals surface area contributed by atoms with Gasteiger partial charge in [-0.25, -0.2) is 0 Å². The van der Waals surface area contributed by atoms with Crippen molar-refractivity contribution in [2.24, 2.45) is 5.92 Å². The lowest BCUT2D eigenvalue weighted by Crippen LogP contribution is -2.22. The molecule has 1 atom stereocenters. The van der Waals surface area contributed by atoms with Gasteiger partial charge in [-0.3, -0.25) is 0 Å². The number of rotatable bonds is 4. The van der Waals surface area contributed by atoms with Crippen molar-refractivity contribution in [1.29, 1.82) is 0 Å². The molecule has 1 N–H and O–H groups in total. The van der Waals surface area contributed by atoms with Crippen molar-refractivity contribution in [2.45, 2.75) is 25.9 Å². The highest BCUT2D eigenvalue weighted by Gasteiger charge is 2.25. The molecule has 0 spiro atoms. The molecule has 1 heterocycles. The van der Waals surface area contributed by atoms with Crippen LogP contribution in [0.2, 0.25) is 0 Å². The second-order valence-electron chi connectivity index (χ2n) is 4.51. The van der Waals surface area contributed by atoms with Crippen LogP contribution in [-0.2, 0) is 4.74 Å². The van der Waals surface area contributed by atoms with Crippen LogP contribution in [0.15, 0.2) is 22.7 Å². The third kappa shape index (κ3) is 3.25. The van der Waals surface area contributed by atoms with Gasteiger partial charge in [-0.2, -0.15) is 0 Å². The molecule has 1 unspecified atom stereocenters. The Balaban J connectivity index is 2.11. The molecule has 0 radical (unpaired) electrons. The van der Waals surface area contributed by atoms with Gasteiger partial charge in [0.2, 0.25) is 0 Å². The number of halogens is 1. The number of hydrogen-bond donors (Lipinski definition) is 1. The van der Waals surface area contributed by atoms with Gasteiger partial charge in [-0.05, 0) is 43.4 Å². The summed E-state index contributed by atoms with van der Waals surface area (Å²) in [6.07, 6.45) is 1.40. The van der Waals surface area contributed by atoms with Gasteiger partial charge in [0.25, 0.3) is 0 Å². The molecule has 1 aromatic carbocycles. The van der Waals surface area contributed by atoms with E-state index in [9.17, 15) is 5.11 Å². The Labute approximate surface area is 116 Å². The van der Waals surface area contributed by atoms with Crippen molar-refractivity contribution < 1.29 is 14.6 Å². The Morgan fingerprint density at radius 1 is 1.44 bits per heavy atom. The van der Waals surface area contributed by atoms with E-state index in [0.29, 0.717) is 6.61 Å². The van der Waals surface area contributed by atoms with Crippen LogP contribution >= 0.6 is 15.9 Å². The van der Waals surface area contributed by atoms with Gasteiger partial charge >= 0.3 is 0 Å². The molecule has 0 saturated carbocycles. The Bertz CT molecular complexity index is 389. The quantitative estimate of drug-likeness (QED) is 0.926. The van der Waals surface area contributed by atoms with Crippen molar-refractivity contribution >= 4 is 15.9 Å². The van der Waals surface area contributed by atoms with Gasteiger partial charge < -0.3 is 14.6 Å². The molecule has 0 amide bonds. The molecule has 0 aromatic heterocycles. The zero-order chi connectivity index (χ0) is 13.0. The van der Waals surface area contributed by atoms with Crippen LogP contribution in [0.3, 0.4) is 0 Å². The first-order valence-corrected chi connectivity index (χ1v) is 7.19. The summed E-state index contributed by atoms with van der Waals surface area (Å²) in [6, 6.07) is 5.77. The molecular formula is C14H19BrO3. The maximum Gasteiger partial charge on any atom is 0.120 e. The van der Waals surface area contributed by atoms with Gasteiger partial charge in [-0.1, -0.05) is 22.0 Å². The zero-order valence-corrected chi connectivity index (χ0v) is 12.1. The normalized spacial score (nSPS) is 18.6. The molecule has 0 bridgehead atoms. The van der Waals surface area contributed by atoms with Gasteiger partial charge in [0.15, 0.2) is 0 Å². The van der Waals surface area contributed by atoms with Crippen LogP contribution in [0.5, 0.6) is 5.75 Å². The summed E-state index contributed by atoms with van der Waals surface area (Å²) in [6.45, 7) is 4.10. The number of aliphatic hydroxyl groups is 1. The summed E-state index contributed by atoms with van der Waals surface area (Å²) >= 11 is 3.51. The van der Waals surface area contributed by atoms with Gasteiger partial charge in [-0.15, -0.1) is 0 Å². The first-order valence-electron chi connectivity index (χ1n) is 6.40. The summed E-state index contributed by atoms with van der Waals surface area (Å²) in [4.78, 5) is 0. The highest BCUT2D eigenvalue weighted by atomic mass is 79.9. The molecule has 1 aromatic rings. The van der Waals surface area contributed by atoms with E-state index in [1.54, 1.807) is 0 Å². The first-order chi connectivity index (χ1) is 8.72. The maximum absolute atomic E-state index is 10.4. The summed E-state index contributed by atoms with van der Waals surface area (Å²) in [7, 11) is 0. The number of ether oxygens (including phenoxy) is 2. The summed E-state index contributed by atoms with van der Waals surface area (Å²) < 4.78 is 11.7. The van der Waals surface area contributed by atoms with Crippen LogP contribution in [0.1, 0.15) is 31.4 Å². The maximum atomic E-state index is 10.4. The average Bonchev–Trinajstić information content (AvgIpc) is 2.40. The lowest BCUT2D eigenvalue weighted by Gasteiger charge is -2.27. The number of aliphatic hydroxyl groups excluding tert-OH is 1. The Morgan fingerprint density at radius 3 is 2.78 bits per heavy atom. The SMILES string of the molecule is CCOc1ccc(C(O)C2CCOCC2)c(Br)c1. The minimum absolute atomic E-state index is 0.285. The standard InChI is InChI=1S/C14H19BrO3/c1-2-18-11-3-4-12(13(15)9-11)14(16)10-5-7-17-8-6-10/h3-4,9-10,14,16H,2,5-8H2,1H3. The van der Waals surface area contributed by atoms with E-state index in [1.807, 2.05) is 25.1 Å². The van der Waals surface area contributed by atoms with Crippen molar-refractivity contribution in [3.63, 3.8) is 0 Å². The lowest BCUT2D eigenvalue weighted by molar-refractivity contribution is 0.00690. The number of benzene rings is 1. The van der Waals surface area contributed by atoms with Crippen LogP contribution in [0.4, 0.5) is 0 Å². The van der Waals surface area contributed by atoms with Crippen LogP contribution < -0.4 is 4.74 Å². The predicted molar refractivity (Wildman–Crippen MR) is 73.8 cm³/mol. The smallest absolute Gasteiger partial charge is 0.120 e. The fourth-order valence-corrected chi connectivity index (χ4v) is 2.88. The van der Waals surface area contributed by atoms with E-state index in [1.165, 1.54) is 0 Å². The van der Waals surface area contributed by atoms with E-state index < -0.39 is 6.10 Å². The van der Waals surface area contributed by atoms with E-state index in [0.717, 1.165) is 41.8 Å². The summed E-state index contributed by atoms with van der Waals surface area (Å²) in [5.74, 6) is 1.11. The van der Waals surface area contributed by atoms with E-state index in [4.69, 9.17) is 9.47 Å². The lowest BCUT2D eigenvalue weighted by atomic mass is 9.89. The molecule has 18 heavy (non-hydrogen) atoms. The van der Waals surface area contributed by atoms with E-state index in [-0.39, 0.29) is 5.92 Å². The van der Waals surface area contributed by atoms with Crippen molar-refractivity contribution in [1.82, 2.24) is 0 Å². The van der Waals surface area contributed by atoms with Gasteiger partial charge in [0.05, 0.1) is 12.7 Å². The largest absolute Gasteiger partial charge is 0.494 e. The van der Waals surface area contributed by atoms with E-state index in [2.05, 4.69) is 15.9 Å². The fraction of sp³-hybridized carbons (Fsp3) is 0.571. The predicted octanol–water partition coefficient (Wildman–Crippen LogP) is 3.31. The molecule has 0 aliphatic carbocycles. The van der Waals surface area contributed by atoms with E-state index >= 15 is 0 Å². The second kappa shape index (κ2) is 6.55. The molecule has 1 aliphatic rings. The van der Waals surface area contributed by atoms with Crippen molar-refractivity contribution in [2.75, 3.05) is 19.8 Å². The minimum atomic E-state index is -0.432. The topological polar surface area (TPSA) is 38.7 Å². The molecule has 1 aliphatic heterocycles. The summed E-state index contributed by atoms with van der Waals surface area (Å²) in [5, 5.41) is 10.4. The molecule has 1 saturated heterocycles. The van der Waals surface area contributed by atoms with Gasteiger partial charge in [0, 0.05) is 17.7 Å². The fourth-order valence-electron chi connectivity index (χ4n) is 2.29. The Kier molecular flexibility index (Phi) is 5.03. The highest BCUT2D eigenvalue weighted by molar-refractivity contribution is 9.10.